The maximum Gasteiger partial charge on any atom is 0.268 e. The quantitative estimate of drug-likeness (QED) is 0.577. The molecule has 1 amide bonds. The fourth-order valence-corrected chi connectivity index (χ4v) is 3.87. The summed E-state index contributed by atoms with van der Waals surface area (Å²) in [6.45, 7) is 4.91. The number of para-hydroxylation sites is 1. The van der Waals surface area contributed by atoms with E-state index in [1.807, 2.05) is 30.5 Å². The fourth-order valence-electron chi connectivity index (χ4n) is 3.87. The van der Waals surface area contributed by atoms with Crippen LogP contribution >= 0.6 is 0 Å². The molecule has 28 heavy (non-hydrogen) atoms. The first-order valence-electron chi connectivity index (χ1n) is 9.84. The van der Waals surface area contributed by atoms with Crippen molar-refractivity contribution in [3.05, 3.63) is 54.5 Å². The van der Waals surface area contributed by atoms with Gasteiger partial charge in [-0.05, 0) is 50.8 Å². The number of nitrogens with zero attached hydrogens (tertiary/aromatic N) is 4. The highest BCUT2D eigenvalue weighted by molar-refractivity contribution is 6.11. The van der Waals surface area contributed by atoms with Gasteiger partial charge in [-0.1, -0.05) is 18.2 Å². The Morgan fingerprint density at radius 2 is 1.89 bits per heavy atom. The molecule has 4 aromatic rings. The van der Waals surface area contributed by atoms with Crippen molar-refractivity contribution in [1.29, 1.82) is 0 Å². The number of carbonyl (C=O) groups excluding carboxylic acids is 1. The Morgan fingerprint density at radius 1 is 1.14 bits per heavy atom. The molecule has 1 aliphatic rings. The van der Waals surface area contributed by atoms with E-state index >= 15 is 0 Å². The first-order valence-corrected chi connectivity index (χ1v) is 9.84. The number of nitrogens with one attached hydrogen (secondary N) is 1. The smallest absolute Gasteiger partial charge is 0.268 e. The second-order valence-electron chi connectivity index (χ2n) is 7.85. The van der Waals surface area contributed by atoms with E-state index in [1.165, 1.54) is 18.4 Å². The van der Waals surface area contributed by atoms with Gasteiger partial charge in [0.2, 0.25) is 5.95 Å². The SMILES string of the molecule is CC(C)NC(=O)c1cc2c(c3ccccc3n2CC2CC2)n1-c1ncccn1. The van der Waals surface area contributed by atoms with Gasteiger partial charge in [0.1, 0.15) is 5.69 Å². The monoisotopic (exact) mass is 373 g/mol. The summed E-state index contributed by atoms with van der Waals surface area (Å²) in [5, 5.41) is 4.14. The van der Waals surface area contributed by atoms with E-state index in [0.29, 0.717) is 11.6 Å². The van der Waals surface area contributed by atoms with Gasteiger partial charge in [0, 0.05) is 30.4 Å². The summed E-state index contributed by atoms with van der Waals surface area (Å²) in [6.07, 6.45) is 5.97. The topological polar surface area (TPSA) is 64.7 Å². The molecule has 0 aliphatic heterocycles. The highest BCUT2D eigenvalue weighted by Crippen LogP contribution is 2.37. The zero-order chi connectivity index (χ0) is 19.3. The van der Waals surface area contributed by atoms with Gasteiger partial charge >= 0.3 is 0 Å². The molecule has 0 atom stereocenters. The van der Waals surface area contributed by atoms with E-state index in [-0.39, 0.29) is 11.9 Å². The molecule has 1 fully saturated rings. The number of fused-ring (bicyclic) bond motifs is 3. The van der Waals surface area contributed by atoms with Crippen molar-refractivity contribution < 1.29 is 4.79 Å². The lowest BCUT2D eigenvalue weighted by Crippen LogP contribution is -2.31. The fraction of sp³-hybridized carbons (Fsp3) is 0.318. The molecule has 0 radical (unpaired) electrons. The average molecular weight is 373 g/mol. The Balaban J connectivity index is 1.83. The largest absolute Gasteiger partial charge is 0.349 e. The number of carbonyl (C=O) groups is 1. The number of rotatable bonds is 5. The summed E-state index contributed by atoms with van der Waals surface area (Å²) in [5.41, 5.74) is 3.82. The van der Waals surface area contributed by atoms with Crippen LogP contribution in [0.3, 0.4) is 0 Å². The first kappa shape index (κ1) is 17.0. The van der Waals surface area contributed by atoms with Crippen molar-refractivity contribution in [1.82, 2.24) is 24.4 Å². The van der Waals surface area contributed by atoms with Crippen molar-refractivity contribution in [3.63, 3.8) is 0 Å². The van der Waals surface area contributed by atoms with Crippen LogP contribution in [-0.2, 0) is 6.54 Å². The zero-order valence-electron chi connectivity index (χ0n) is 16.1. The third-order valence-electron chi connectivity index (χ3n) is 5.26. The third-order valence-corrected chi connectivity index (χ3v) is 5.26. The third kappa shape index (κ3) is 2.76. The van der Waals surface area contributed by atoms with Crippen LogP contribution in [0, 0.1) is 5.92 Å². The average Bonchev–Trinajstić information content (AvgIpc) is 3.35. The molecule has 142 valence electrons. The van der Waals surface area contributed by atoms with Crippen LogP contribution in [0.2, 0.25) is 0 Å². The van der Waals surface area contributed by atoms with Crippen LogP contribution in [0.5, 0.6) is 0 Å². The number of amides is 1. The maximum atomic E-state index is 13.0. The van der Waals surface area contributed by atoms with Crippen molar-refractivity contribution in [3.8, 4) is 5.95 Å². The minimum absolute atomic E-state index is 0.0530. The summed E-state index contributed by atoms with van der Waals surface area (Å²) in [6, 6.07) is 12.2. The Kier molecular flexibility index (Phi) is 3.93. The van der Waals surface area contributed by atoms with Crippen molar-refractivity contribution in [2.24, 2.45) is 5.92 Å². The number of hydrogen-bond acceptors (Lipinski definition) is 3. The minimum atomic E-state index is -0.110. The Bertz CT molecular complexity index is 1170. The molecule has 5 rings (SSSR count). The van der Waals surface area contributed by atoms with Crippen LogP contribution < -0.4 is 5.32 Å². The molecule has 1 N–H and O–H groups in total. The van der Waals surface area contributed by atoms with Gasteiger partial charge in [0.25, 0.3) is 5.91 Å². The van der Waals surface area contributed by atoms with Crippen LogP contribution in [0.1, 0.15) is 37.2 Å². The molecule has 1 aromatic carbocycles. The molecule has 6 heteroatoms. The molecule has 6 nitrogen and oxygen atoms in total. The van der Waals surface area contributed by atoms with Gasteiger partial charge in [-0.3, -0.25) is 9.36 Å². The highest BCUT2D eigenvalue weighted by Gasteiger charge is 2.27. The summed E-state index contributed by atoms with van der Waals surface area (Å²) in [4.78, 5) is 21.9. The zero-order valence-corrected chi connectivity index (χ0v) is 16.1. The van der Waals surface area contributed by atoms with Gasteiger partial charge < -0.3 is 9.88 Å². The summed E-state index contributed by atoms with van der Waals surface area (Å²) in [5.74, 6) is 1.13. The first-order chi connectivity index (χ1) is 13.6. The predicted octanol–water partition coefficient (Wildman–Crippen LogP) is 3.92. The van der Waals surface area contributed by atoms with Crippen molar-refractivity contribution >= 4 is 27.8 Å². The molecule has 3 aromatic heterocycles. The van der Waals surface area contributed by atoms with Crippen LogP contribution in [-0.4, -0.2) is 31.1 Å². The van der Waals surface area contributed by atoms with E-state index in [9.17, 15) is 4.79 Å². The summed E-state index contributed by atoms with van der Waals surface area (Å²) >= 11 is 0. The van der Waals surface area contributed by atoms with Crippen LogP contribution in [0.4, 0.5) is 0 Å². The van der Waals surface area contributed by atoms with Gasteiger partial charge in [-0.25, -0.2) is 9.97 Å². The lowest BCUT2D eigenvalue weighted by Gasteiger charge is -2.11. The molecule has 1 saturated carbocycles. The van der Waals surface area contributed by atoms with E-state index < -0.39 is 0 Å². The Hall–Kier alpha value is -3.15. The maximum absolute atomic E-state index is 13.0. The minimum Gasteiger partial charge on any atom is -0.349 e. The highest BCUT2D eigenvalue weighted by atomic mass is 16.2. The van der Waals surface area contributed by atoms with E-state index in [0.717, 1.165) is 28.9 Å². The number of benzene rings is 1. The van der Waals surface area contributed by atoms with Crippen molar-refractivity contribution in [2.45, 2.75) is 39.3 Å². The second-order valence-corrected chi connectivity index (χ2v) is 7.85. The van der Waals surface area contributed by atoms with Gasteiger partial charge in [-0.15, -0.1) is 0 Å². The van der Waals surface area contributed by atoms with Crippen LogP contribution in [0.25, 0.3) is 27.9 Å². The molecule has 0 spiro atoms. The molecular weight excluding hydrogens is 350 g/mol. The molecule has 1 aliphatic carbocycles. The standard InChI is InChI=1S/C22H23N5O/c1-14(2)25-21(28)19-12-18-20(27(19)22-23-10-5-11-24-22)16-6-3-4-7-17(16)26(18)13-15-8-9-15/h3-7,10-12,14-15H,8-9,13H2,1-2H3,(H,25,28). The Morgan fingerprint density at radius 3 is 2.61 bits per heavy atom. The normalized spacial score (nSPS) is 14.2. The van der Waals surface area contributed by atoms with E-state index in [2.05, 4.69) is 38.1 Å². The van der Waals surface area contributed by atoms with E-state index in [1.54, 1.807) is 18.5 Å². The Labute approximate surface area is 163 Å². The summed E-state index contributed by atoms with van der Waals surface area (Å²) < 4.78 is 4.26. The van der Waals surface area contributed by atoms with Gasteiger partial charge in [0.15, 0.2) is 0 Å². The molecule has 3 heterocycles. The molecular formula is C22H23N5O. The van der Waals surface area contributed by atoms with Crippen LogP contribution in [0.15, 0.2) is 48.8 Å². The molecule has 0 bridgehead atoms. The second kappa shape index (κ2) is 6.48. The van der Waals surface area contributed by atoms with E-state index in [4.69, 9.17) is 0 Å². The molecule has 0 saturated heterocycles. The number of aromatic nitrogens is 4. The lowest BCUT2D eigenvalue weighted by molar-refractivity contribution is 0.0936. The number of hydrogen-bond donors (Lipinski definition) is 1. The predicted molar refractivity (Wildman–Crippen MR) is 110 cm³/mol. The molecule has 0 unspecified atom stereocenters. The van der Waals surface area contributed by atoms with Gasteiger partial charge in [0.05, 0.1) is 16.6 Å². The summed E-state index contributed by atoms with van der Waals surface area (Å²) in [7, 11) is 0. The lowest BCUT2D eigenvalue weighted by atomic mass is 10.2. The van der Waals surface area contributed by atoms with Crippen molar-refractivity contribution in [2.75, 3.05) is 0 Å². The van der Waals surface area contributed by atoms with Gasteiger partial charge in [-0.2, -0.15) is 0 Å².